The smallest absolute Gasteiger partial charge is 0.343 e. The van der Waals surface area contributed by atoms with Crippen molar-refractivity contribution in [2.24, 2.45) is 0 Å². The summed E-state index contributed by atoms with van der Waals surface area (Å²) in [5.74, 6) is -0.678. The number of nitro benzene ring substituents is 1. The molecule has 0 amide bonds. The fourth-order valence-corrected chi connectivity index (χ4v) is 3.04. The van der Waals surface area contributed by atoms with Gasteiger partial charge in [0.2, 0.25) is 0 Å². The van der Waals surface area contributed by atoms with Crippen LogP contribution in [-0.4, -0.2) is 23.5 Å². The van der Waals surface area contributed by atoms with Gasteiger partial charge in [0.15, 0.2) is 0 Å². The van der Waals surface area contributed by atoms with Gasteiger partial charge in [-0.25, -0.2) is 9.59 Å². The monoisotopic (exact) mass is 447 g/mol. The first-order chi connectivity index (χ1) is 13.3. The molecule has 2 aromatic carbocycles. The van der Waals surface area contributed by atoms with Gasteiger partial charge in [0, 0.05) is 17.5 Å². The van der Waals surface area contributed by atoms with Gasteiger partial charge in [-0.05, 0) is 54.0 Å². The molecule has 0 radical (unpaired) electrons. The van der Waals surface area contributed by atoms with Crippen LogP contribution in [0, 0.1) is 17.0 Å². The lowest BCUT2D eigenvalue weighted by Crippen LogP contribution is -2.09. The average molecular weight is 448 g/mol. The van der Waals surface area contributed by atoms with Crippen molar-refractivity contribution in [2.75, 3.05) is 6.61 Å². The molecule has 0 atom stereocenters. The number of rotatable bonds is 5. The Hall–Kier alpha value is -3.20. The van der Waals surface area contributed by atoms with E-state index in [1.54, 1.807) is 19.9 Å². The summed E-state index contributed by atoms with van der Waals surface area (Å²) in [4.78, 5) is 34.7. The molecule has 0 spiro atoms. The van der Waals surface area contributed by atoms with Crippen LogP contribution in [0.5, 0.6) is 5.75 Å². The summed E-state index contributed by atoms with van der Waals surface area (Å²) in [5, 5.41) is 11.2. The molecule has 1 aromatic heterocycles. The molecule has 0 aliphatic carbocycles. The number of aryl methyl sites for hydroxylation is 1. The van der Waals surface area contributed by atoms with E-state index in [-0.39, 0.29) is 29.2 Å². The maximum atomic E-state index is 12.4. The van der Waals surface area contributed by atoms with Crippen molar-refractivity contribution >= 4 is 44.5 Å². The third-order valence-electron chi connectivity index (χ3n) is 3.91. The van der Waals surface area contributed by atoms with E-state index < -0.39 is 16.9 Å². The molecule has 0 fully saturated rings. The van der Waals surface area contributed by atoms with Crippen LogP contribution in [0.1, 0.15) is 33.4 Å². The first kappa shape index (κ1) is 19.6. The summed E-state index contributed by atoms with van der Waals surface area (Å²) in [6.07, 6.45) is 0. The number of esters is 2. The Bertz CT molecular complexity index is 1090. The molecule has 144 valence electrons. The minimum absolute atomic E-state index is 0.132. The van der Waals surface area contributed by atoms with E-state index in [1.807, 2.05) is 0 Å². The Kier molecular flexibility index (Phi) is 5.46. The minimum Gasteiger partial charge on any atom is -0.462 e. The molecule has 0 N–H and O–H groups in total. The molecule has 0 unspecified atom stereocenters. The van der Waals surface area contributed by atoms with Gasteiger partial charge >= 0.3 is 11.9 Å². The number of carbonyl (C=O) groups is 2. The number of halogens is 1. The van der Waals surface area contributed by atoms with Crippen LogP contribution >= 0.6 is 15.9 Å². The second-order valence-corrected chi connectivity index (χ2v) is 6.58. The van der Waals surface area contributed by atoms with Crippen LogP contribution in [0.2, 0.25) is 0 Å². The Morgan fingerprint density at radius 2 is 1.86 bits per heavy atom. The number of furan rings is 1. The van der Waals surface area contributed by atoms with E-state index in [1.165, 1.54) is 30.3 Å². The normalized spacial score (nSPS) is 10.7. The highest BCUT2D eigenvalue weighted by Gasteiger charge is 2.22. The third-order valence-corrected chi connectivity index (χ3v) is 4.53. The maximum absolute atomic E-state index is 12.4. The molecule has 3 rings (SSSR count). The fourth-order valence-electron chi connectivity index (χ4n) is 2.63. The standard InChI is InChI=1S/C19H14BrNO7/c1-3-26-19(23)17-10(2)27-15-9-14(20)16(8-13(15)17)28-18(22)11-4-6-12(7-5-11)21(24)25/h4-9H,3H2,1-2H3. The van der Waals surface area contributed by atoms with E-state index in [0.717, 1.165) is 0 Å². The van der Waals surface area contributed by atoms with Crippen molar-refractivity contribution in [1.29, 1.82) is 0 Å². The molecule has 1 heterocycles. The molecule has 3 aromatic rings. The van der Waals surface area contributed by atoms with Crippen LogP contribution in [0.25, 0.3) is 11.0 Å². The number of ether oxygens (including phenoxy) is 2. The van der Waals surface area contributed by atoms with Crippen LogP contribution in [-0.2, 0) is 4.74 Å². The van der Waals surface area contributed by atoms with E-state index in [0.29, 0.717) is 21.2 Å². The molecule has 8 nitrogen and oxygen atoms in total. The third kappa shape index (κ3) is 3.74. The Morgan fingerprint density at radius 3 is 2.46 bits per heavy atom. The summed E-state index contributed by atoms with van der Waals surface area (Å²) < 4.78 is 16.5. The number of non-ortho nitro benzene ring substituents is 1. The largest absolute Gasteiger partial charge is 0.462 e. The Labute approximate surface area is 167 Å². The molecular formula is C19H14BrNO7. The molecular weight excluding hydrogens is 434 g/mol. The molecule has 28 heavy (non-hydrogen) atoms. The second kappa shape index (κ2) is 7.81. The van der Waals surface area contributed by atoms with Gasteiger partial charge < -0.3 is 13.9 Å². The molecule has 0 aliphatic heterocycles. The predicted octanol–water partition coefficient (Wildman–Crippen LogP) is 4.81. The zero-order valence-electron chi connectivity index (χ0n) is 14.9. The fraction of sp³-hybridized carbons (Fsp3) is 0.158. The van der Waals surface area contributed by atoms with Crippen LogP contribution in [0.4, 0.5) is 5.69 Å². The topological polar surface area (TPSA) is 109 Å². The number of nitro groups is 1. The lowest BCUT2D eigenvalue weighted by Gasteiger charge is -2.07. The first-order valence-electron chi connectivity index (χ1n) is 8.18. The van der Waals surface area contributed by atoms with Crippen molar-refractivity contribution < 1.29 is 28.4 Å². The predicted molar refractivity (Wildman–Crippen MR) is 103 cm³/mol. The SMILES string of the molecule is CCOC(=O)c1c(C)oc2cc(Br)c(OC(=O)c3ccc([N+](=O)[O-])cc3)cc12. The van der Waals surface area contributed by atoms with Gasteiger partial charge in [-0.2, -0.15) is 0 Å². The van der Waals surface area contributed by atoms with Gasteiger partial charge in [-0.15, -0.1) is 0 Å². The van der Waals surface area contributed by atoms with Crippen molar-refractivity contribution in [3.05, 3.63) is 67.9 Å². The van der Waals surface area contributed by atoms with E-state index >= 15 is 0 Å². The quantitative estimate of drug-likeness (QED) is 0.239. The summed E-state index contributed by atoms with van der Waals surface area (Å²) >= 11 is 3.31. The summed E-state index contributed by atoms with van der Waals surface area (Å²) in [7, 11) is 0. The molecule has 0 aliphatic rings. The highest BCUT2D eigenvalue weighted by molar-refractivity contribution is 9.10. The van der Waals surface area contributed by atoms with Crippen molar-refractivity contribution in [2.45, 2.75) is 13.8 Å². The number of hydrogen-bond donors (Lipinski definition) is 0. The molecule has 0 saturated carbocycles. The lowest BCUT2D eigenvalue weighted by atomic mass is 10.1. The van der Waals surface area contributed by atoms with Gasteiger partial charge in [0.1, 0.15) is 22.7 Å². The van der Waals surface area contributed by atoms with E-state index in [2.05, 4.69) is 15.9 Å². The molecule has 0 bridgehead atoms. The number of nitrogens with zero attached hydrogens (tertiary/aromatic N) is 1. The molecule has 9 heteroatoms. The van der Waals surface area contributed by atoms with Gasteiger partial charge in [0.05, 0.1) is 21.6 Å². The van der Waals surface area contributed by atoms with Crippen molar-refractivity contribution in [3.63, 3.8) is 0 Å². The zero-order chi connectivity index (χ0) is 20.4. The zero-order valence-corrected chi connectivity index (χ0v) is 16.4. The number of hydrogen-bond acceptors (Lipinski definition) is 7. The van der Waals surface area contributed by atoms with Crippen LogP contribution in [0.15, 0.2) is 45.3 Å². The lowest BCUT2D eigenvalue weighted by molar-refractivity contribution is -0.384. The summed E-state index contributed by atoms with van der Waals surface area (Å²) in [6.45, 7) is 3.55. The second-order valence-electron chi connectivity index (χ2n) is 5.73. The minimum atomic E-state index is -0.701. The number of benzene rings is 2. The van der Waals surface area contributed by atoms with Gasteiger partial charge in [-0.1, -0.05) is 0 Å². The average Bonchev–Trinajstić information content (AvgIpc) is 2.96. The summed E-state index contributed by atoms with van der Waals surface area (Å²) in [5.41, 5.74) is 0.707. The highest BCUT2D eigenvalue weighted by atomic mass is 79.9. The molecule has 0 saturated heterocycles. The van der Waals surface area contributed by atoms with Crippen molar-refractivity contribution in [1.82, 2.24) is 0 Å². The maximum Gasteiger partial charge on any atom is 0.343 e. The van der Waals surface area contributed by atoms with E-state index in [4.69, 9.17) is 13.9 Å². The number of fused-ring (bicyclic) bond motifs is 1. The van der Waals surface area contributed by atoms with Crippen molar-refractivity contribution in [3.8, 4) is 5.75 Å². The highest BCUT2D eigenvalue weighted by Crippen LogP contribution is 2.35. The Balaban J connectivity index is 1.95. The summed E-state index contributed by atoms with van der Waals surface area (Å²) in [6, 6.07) is 8.13. The van der Waals surface area contributed by atoms with Crippen LogP contribution < -0.4 is 4.74 Å². The van der Waals surface area contributed by atoms with Gasteiger partial charge in [-0.3, -0.25) is 10.1 Å². The van der Waals surface area contributed by atoms with E-state index in [9.17, 15) is 19.7 Å². The Morgan fingerprint density at radius 1 is 1.18 bits per heavy atom. The van der Waals surface area contributed by atoms with Gasteiger partial charge in [0.25, 0.3) is 5.69 Å². The number of carbonyl (C=O) groups excluding carboxylic acids is 2. The van der Waals surface area contributed by atoms with Crippen LogP contribution in [0.3, 0.4) is 0 Å². The first-order valence-corrected chi connectivity index (χ1v) is 8.97.